The predicted octanol–water partition coefficient (Wildman–Crippen LogP) is 2.10. The Morgan fingerprint density at radius 3 is 3.16 bits per heavy atom. The van der Waals surface area contributed by atoms with E-state index in [1.807, 2.05) is 11.8 Å². The van der Waals surface area contributed by atoms with Crippen molar-refractivity contribution >= 4 is 11.8 Å². The Balaban J connectivity index is 1.50. The van der Waals surface area contributed by atoms with Crippen molar-refractivity contribution in [2.75, 3.05) is 6.54 Å². The van der Waals surface area contributed by atoms with Crippen LogP contribution in [-0.2, 0) is 19.5 Å². The van der Waals surface area contributed by atoms with Crippen LogP contribution in [0.4, 0.5) is 0 Å². The summed E-state index contributed by atoms with van der Waals surface area (Å²) in [6.07, 6.45) is 2.95. The number of fused-ring (bicyclic) bond motifs is 1. The predicted molar refractivity (Wildman–Crippen MR) is 77.2 cm³/mol. The Morgan fingerprint density at radius 1 is 1.42 bits per heavy atom. The van der Waals surface area contributed by atoms with Gasteiger partial charge < -0.3 is 9.88 Å². The van der Waals surface area contributed by atoms with Crippen molar-refractivity contribution < 1.29 is 0 Å². The van der Waals surface area contributed by atoms with Crippen LogP contribution >= 0.6 is 11.8 Å². The third kappa shape index (κ3) is 2.82. The van der Waals surface area contributed by atoms with Crippen LogP contribution in [0.2, 0.25) is 0 Å². The minimum atomic E-state index is 0.635. The number of aromatic nitrogens is 3. The van der Waals surface area contributed by atoms with Gasteiger partial charge in [0.2, 0.25) is 0 Å². The number of hydrogen-bond donors (Lipinski definition) is 1. The minimum absolute atomic E-state index is 0.635. The average Bonchev–Trinajstić information content (AvgIpc) is 3.04. The van der Waals surface area contributed by atoms with E-state index in [1.165, 1.54) is 10.5 Å². The van der Waals surface area contributed by atoms with Crippen LogP contribution in [0.5, 0.6) is 0 Å². The van der Waals surface area contributed by atoms with Gasteiger partial charge in [0.1, 0.15) is 12.2 Å². The van der Waals surface area contributed by atoms with Crippen LogP contribution in [0.1, 0.15) is 18.3 Å². The highest BCUT2D eigenvalue weighted by Gasteiger charge is 2.21. The van der Waals surface area contributed by atoms with E-state index in [9.17, 15) is 0 Å². The number of nitrogens with one attached hydrogen (secondary N) is 1. The van der Waals surface area contributed by atoms with Crippen LogP contribution in [0.3, 0.4) is 0 Å². The lowest BCUT2D eigenvalue weighted by Crippen LogP contribution is -2.25. The first-order valence-electron chi connectivity index (χ1n) is 6.68. The fourth-order valence-electron chi connectivity index (χ4n) is 2.39. The summed E-state index contributed by atoms with van der Waals surface area (Å²) in [6.45, 7) is 4.83. The first kappa shape index (κ1) is 12.7. The summed E-state index contributed by atoms with van der Waals surface area (Å²) >= 11 is 1.98. The molecule has 1 aliphatic rings. The highest BCUT2D eigenvalue weighted by atomic mass is 32.2. The molecule has 0 radical (unpaired) electrons. The lowest BCUT2D eigenvalue weighted by Gasteiger charge is -2.10. The first-order chi connectivity index (χ1) is 9.36. The van der Waals surface area contributed by atoms with Crippen LogP contribution in [0, 0.1) is 0 Å². The Bertz CT molecular complexity index is 527. The van der Waals surface area contributed by atoms with E-state index in [2.05, 4.69) is 51.3 Å². The van der Waals surface area contributed by atoms with Gasteiger partial charge in [-0.25, -0.2) is 0 Å². The topological polar surface area (TPSA) is 42.7 Å². The summed E-state index contributed by atoms with van der Waals surface area (Å²) in [6, 6.07) is 8.69. The molecule has 4 nitrogen and oxygen atoms in total. The molecular formula is C14H18N4S. The van der Waals surface area contributed by atoms with Gasteiger partial charge in [-0.3, -0.25) is 0 Å². The van der Waals surface area contributed by atoms with Gasteiger partial charge in [-0.1, -0.05) is 18.2 Å². The molecule has 1 aliphatic heterocycles. The Kier molecular flexibility index (Phi) is 3.84. The number of thioether (sulfide) groups is 1. The molecule has 2 aromatic rings. The molecule has 1 N–H and O–H groups in total. The van der Waals surface area contributed by atoms with Crippen molar-refractivity contribution in [3.8, 4) is 0 Å². The molecule has 0 fully saturated rings. The van der Waals surface area contributed by atoms with Gasteiger partial charge in [-0.05, 0) is 25.0 Å². The number of rotatable bonds is 5. The molecule has 19 heavy (non-hydrogen) atoms. The van der Waals surface area contributed by atoms with Crippen LogP contribution in [-0.4, -0.2) is 26.6 Å². The summed E-state index contributed by atoms with van der Waals surface area (Å²) in [7, 11) is 0. The van der Waals surface area contributed by atoms with Crippen LogP contribution < -0.4 is 5.32 Å². The lowest BCUT2D eigenvalue weighted by molar-refractivity contribution is 0.604. The van der Waals surface area contributed by atoms with Gasteiger partial charge in [-0.15, -0.1) is 22.0 Å². The minimum Gasteiger partial charge on any atom is -0.317 e. The molecule has 100 valence electrons. The molecule has 5 heteroatoms. The number of aryl methyl sites for hydroxylation is 1. The SMILES string of the molecule is CCn1cnnc1CNCC1Cc2ccccc2S1. The second kappa shape index (κ2) is 5.75. The van der Waals surface area contributed by atoms with Crippen molar-refractivity contribution in [2.24, 2.45) is 0 Å². The van der Waals surface area contributed by atoms with Gasteiger partial charge in [0.05, 0.1) is 6.54 Å². The summed E-state index contributed by atoms with van der Waals surface area (Å²) in [5.41, 5.74) is 1.48. The zero-order chi connectivity index (χ0) is 13.1. The van der Waals surface area contributed by atoms with Crippen molar-refractivity contribution in [1.29, 1.82) is 0 Å². The van der Waals surface area contributed by atoms with E-state index in [4.69, 9.17) is 0 Å². The maximum Gasteiger partial charge on any atom is 0.146 e. The van der Waals surface area contributed by atoms with Crippen molar-refractivity contribution in [3.05, 3.63) is 42.0 Å². The highest BCUT2D eigenvalue weighted by molar-refractivity contribution is 8.00. The van der Waals surface area contributed by atoms with Gasteiger partial charge in [0, 0.05) is 23.2 Å². The van der Waals surface area contributed by atoms with E-state index in [0.717, 1.165) is 31.9 Å². The number of benzene rings is 1. The third-order valence-corrected chi connectivity index (χ3v) is 4.72. The zero-order valence-electron chi connectivity index (χ0n) is 11.0. The number of hydrogen-bond acceptors (Lipinski definition) is 4. The molecular weight excluding hydrogens is 256 g/mol. The molecule has 0 aliphatic carbocycles. The monoisotopic (exact) mass is 274 g/mol. The van der Waals surface area contributed by atoms with Gasteiger partial charge in [0.15, 0.2) is 0 Å². The molecule has 1 unspecified atom stereocenters. The summed E-state index contributed by atoms with van der Waals surface area (Å²) in [5, 5.41) is 12.2. The fraction of sp³-hybridized carbons (Fsp3) is 0.429. The molecule has 1 atom stereocenters. The average molecular weight is 274 g/mol. The molecule has 2 heterocycles. The lowest BCUT2D eigenvalue weighted by atomic mass is 10.1. The summed E-state index contributed by atoms with van der Waals surface area (Å²) in [4.78, 5) is 1.44. The van der Waals surface area contributed by atoms with Crippen molar-refractivity contribution in [3.63, 3.8) is 0 Å². The third-order valence-electron chi connectivity index (χ3n) is 3.41. The van der Waals surface area contributed by atoms with E-state index in [-0.39, 0.29) is 0 Å². The quantitative estimate of drug-likeness (QED) is 0.907. The Hall–Kier alpha value is -1.33. The number of nitrogens with zero attached hydrogens (tertiary/aromatic N) is 3. The fourth-order valence-corrected chi connectivity index (χ4v) is 3.68. The zero-order valence-corrected chi connectivity index (χ0v) is 11.9. The molecule has 0 bridgehead atoms. The second-order valence-corrected chi connectivity index (χ2v) is 6.06. The van der Waals surface area contributed by atoms with Gasteiger partial charge in [0.25, 0.3) is 0 Å². The normalized spacial score (nSPS) is 17.6. The molecule has 1 aromatic heterocycles. The van der Waals surface area contributed by atoms with E-state index in [1.54, 1.807) is 6.33 Å². The second-order valence-electron chi connectivity index (χ2n) is 4.72. The summed E-state index contributed by atoms with van der Waals surface area (Å²) in [5.74, 6) is 1.02. The van der Waals surface area contributed by atoms with Crippen LogP contribution in [0.15, 0.2) is 35.5 Å². The molecule has 0 saturated heterocycles. The summed E-state index contributed by atoms with van der Waals surface area (Å²) < 4.78 is 2.07. The van der Waals surface area contributed by atoms with Gasteiger partial charge >= 0.3 is 0 Å². The van der Waals surface area contributed by atoms with Crippen LogP contribution in [0.25, 0.3) is 0 Å². The molecule has 0 saturated carbocycles. The molecule has 3 rings (SSSR count). The molecule has 1 aromatic carbocycles. The standard InChI is InChI=1S/C14H18N4S/c1-2-18-10-16-17-14(18)9-15-8-12-7-11-5-3-4-6-13(11)19-12/h3-6,10,12,15H,2,7-9H2,1H3. The highest BCUT2D eigenvalue weighted by Crippen LogP contribution is 2.36. The van der Waals surface area contributed by atoms with E-state index >= 15 is 0 Å². The van der Waals surface area contributed by atoms with Gasteiger partial charge in [-0.2, -0.15) is 0 Å². The van der Waals surface area contributed by atoms with E-state index in [0.29, 0.717) is 5.25 Å². The molecule has 0 amide bonds. The van der Waals surface area contributed by atoms with E-state index < -0.39 is 0 Å². The Morgan fingerprint density at radius 2 is 2.32 bits per heavy atom. The van der Waals surface area contributed by atoms with Crippen molar-refractivity contribution in [1.82, 2.24) is 20.1 Å². The largest absolute Gasteiger partial charge is 0.317 e. The first-order valence-corrected chi connectivity index (χ1v) is 7.56. The van der Waals surface area contributed by atoms with Crippen molar-refractivity contribution in [2.45, 2.75) is 36.6 Å². The smallest absolute Gasteiger partial charge is 0.146 e. The Labute approximate surface area is 117 Å². The maximum atomic E-state index is 4.13. The molecule has 0 spiro atoms. The maximum absolute atomic E-state index is 4.13.